The highest BCUT2D eigenvalue weighted by atomic mass is 32.1. The quantitative estimate of drug-likeness (QED) is 0.610. The first-order chi connectivity index (χ1) is 7.63. The van der Waals surface area contributed by atoms with Crippen LogP contribution >= 0.6 is 11.3 Å². The summed E-state index contributed by atoms with van der Waals surface area (Å²) in [5.74, 6) is -1.36. The van der Waals surface area contributed by atoms with Crippen LogP contribution in [-0.4, -0.2) is 11.1 Å². The Morgan fingerprint density at radius 1 is 1.38 bits per heavy atom. The first-order valence-electron chi connectivity index (χ1n) is 3.90. The molecule has 0 unspecified atom stereocenters. The van der Waals surface area contributed by atoms with Crippen LogP contribution in [0.15, 0.2) is 11.0 Å². The Balaban J connectivity index is 3.34. The van der Waals surface area contributed by atoms with E-state index in [1.165, 1.54) is 11.4 Å². The van der Waals surface area contributed by atoms with Gasteiger partial charge in [0.1, 0.15) is 23.8 Å². The van der Waals surface area contributed by atoms with E-state index in [0.29, 0.717) is 4.88 Å². The van der Waals surface area contributed by atoms with Crippen molar-refractivity contribution in [3.8, 4) is 18.2 Å². The lowest BCUT2D eigenvalue weighted by Gasteiger charge is -1.90. The van der Waals surface area contributed by atoms with Gasteiger partial charge in [0, 0.05) is 10.3 Å². The standard InChI is InChI=1S/C10H3N3O2S/c11-2-6(10(14)15)1-9-8(4-13)7(3-12)5-16-9/h1,5H,(H,14,15)/b6-1+. The maximum Gasteiger partial charge on any atom is 0.346 e. The molecular weight excluding hydrogens is 226 g/mol. The predicted octanol–water partition coefficient (Wildman–Crippen LogP) is 1.48. The molecule has 0 atom stereocenters. The first-order valence-corrected chi connectivity index (χ1v) is 4.78. The fraction of sp³-hybridized carbons (Fsp3) is 0. The highest BCUT2D eigenvalue weighted by Crippen LogP contribution is 2.23. The topological polar surface area (TPSA) is 109 Å². The van der Waals surface area contributed by atoms with E-state index < -0.39 is 11.5 Å². The van der Waals surface area contributed by atoms with Crippen molar-refractivity contribution in [3.63, 3.8) is 0 Å². The fourth-order valence-electron chi connectivity index (χ4n) is 0.950. The Morgan fingerprint density at radius 2 is 2.06 bits per heavy atom. The van der Waals surface area contributed by atoms with Crippen LogP contribution in [-0.2, 0) is 4.79 Å². The molecule has 0 aliphatic heterocycles. The third kappa shape index (κ3) is 2.06. The average Bonchev–Trinajstić information content (AvgIpc) is 2.67. The molecule has 1 aromatic heterocycles. The number of aliphatic carboxylic acids is 1. The molecule has 0 spiro atoms. The van der Waals surface area contributed by atoms with Gasteiger partial charge in [0.15, 0.2) is 0 Å². The van der Waals surface area contributed by atoms with Crippen LogP contribution in [0, 0.1) is 34.0 Å². The predicted molar refractivity (Wildman–Crippen MR) is 55.0 cm³/mol. The van der Waals surface area contributed by atoms with Gasteiger partial charge in [-0.25, -0.2) is 4.79 Å². The number of hydrogen-bond donors (Lipinski definition) is 1. The number of carboxylic acids is 1. The summed E-state index contributed by atoms with van der Waals surface area (Å²) < 4.78 is 0. The first kappa shape index (κ1) is 11.5. The van der Waals surface area contributed by atoms with E-state index in [1.54, 1.807) is 6.07 Å². The van der Waals surface area contributed by atoms with Gasteiger partial charge in [-0.15, -0.1) is 11.3 Å². The van der Waals surface area contributed by atoms with Gasteiger partial charge in [-0.3, -0.25) is 0 Å². The summed E-state index contributed by atoms with van der Waals surface area (Å²) in [6.45, 7) is 0. The van der Waals surface area contributed by atoms with Crippen molar-refractivity contribution in [2.75, 3.05) is 0 Å². The van der Waals surface area contributed by atoms with Crippen LogP contribution < -0.4 is 0 Å². The lowest BCUT2D eigenvalue weighted by atomic mass is 10.1. The van der Waals surface area contributed by atoms with Crippen LogP contribution in [0.25, 0.3) is 6.08 Å². The summed E-state index contributed by atoms with van der Waals surface area (Å²) in [5.41, 5.74) is -0.189. The van der Waals surface area contributed by atoms with Crippen molar-refractivity contribution < 1.29 is 9.90 Å². The van der Waals surface area contributed by atoms with Crippen molar-refractivity contribution in [3.05, 3.63) is 27.0 Å². The highest BCUT2D eigenvalue weighted by Gasteiger charge is 2.12. The molecule has 1 heterocycles. The van der Waals surface area contributed by atoms with Crippen LogP contribution in [0.2, 0.25) is 0 Å². The molecule has 0 radical (unpaired) electrons. The lowest BCUT2D eigenvalue weighted by molar-refractivity contribution is -0.132. The van der Waals surface area contributed by atoms with E-state index in [-0.39, 0.29) is 11.1 Å². The second kappa shape index (κ2) is 4.75. The smallest absolute Gasteiger partial charge is 0.346 e. The molecule has 76 valence electrons. The fourth-order valence-corrected chi connectivity index (χ4v) is 1.82. The third-order valence-electron chi connectivity index (χ3n) is 1.68. The zero-order chi connectivity index (χ0) is 12.1. The van der Waals surface area contributed by atoms with Gasteiger partial charge in [-0.2, -0.15) is 15.8 Å². The molecule has 0 amide bonds. The summed E-state index contributed by atoms with van der Waals surface area (Å²) >= 11 is 1.05. The SMILES string of the molecule is N#C/C(=C\c1scc(C#N)c1C#N)C(=O)O. The van der Waals surface area contributed by atoms with Gasteiger partial charge in [-0.05, 0) is 6.08 Å². The maximum atomic E-state index is 10.6. The molecule has 1 N–H and O–H groups in total. The number of rotatable bonds is 2. The molecule has 0 aliphatic rings. The normalized spacial score (nSPS) is 9.94. The number of nitrogens with zero attached hydrogens (tertiary/aromatic N) is 3. The molecule has 0 saturated carbocycles. The summed E-state index contributed by atoms with van der Waals surface area (Å²) in [4.78, 5) is 10.9. The van der Waals surface area contributed by atoms with E-state index in [9.17, 15) is 4.79 Å². The molecule has 0 fully saturated rings. The van der Waals surface area contributed by atoms with Crippen LogP contribution in [0.3, 0.4) is 0 Å². The molecule has 0 bridgehead atoms. The van der Waals surface area contributed by atoms with Gasteiger partial charge in [-0.1, -0.05) is 0 Å². The van der Waals surface area contributed by atoms with E-state index in [0.717, 1.165) is 17.4 Å². The van der Waals surface area contributed by atoms with E-state index in [4.69, 9.17) is 20.9 Å². The summed E-state index contributed by atoms with van der Waals surface area (Å²) in [5, 5.41) is 36.1. The van der Waals surface area contributed by atoms with Crippen molar-refractivity contribution in [2.24, 2.45) is 0 Å². The molecule has 1 rings (SSSR count). The van der Waals surface area contributed by atoms with Crippen LogP contribution in [0.1, 0.15) is 16.0 Å². The van der Waals surface area contributed by atoms with Gasteiger partial charge in [0.25, 0.3) is 0 Å². The molecule has 5 nitrogen and oxygen atoms in total. The van der Waals surface area contributed by atoms with E-state index in [2.05, 4.69) is 0 Å². The van der Waals surface area contributed by atoms with Crippen LogP contribution in [0.4, 0.5) is 0 Å². The lowest BCUT2D eigenvalue weighted by Crippen LogP contribution is -1.97. The van der Waals surface area contributed by atoms with Gasteiger partial charge >= 0.3 is 5.97 Å². The summed E-state index contributed by atoms with van der Waals surface area (Å²) in [7, 11) is 0. The zero-order valence-corrected chi connectivity index (χ0v) is 8.58. The van der Waals surface area contributed by atoms with Crippen molar-refractivity contribution >= 4 is 23.4 Å². The van der Waals surface area contributed by atoms with Crippen molar-refractivity contribution in [1.29, 1.82) is 15.8 Å². The minimum Gasteiger partial charge on any atom is -0.477 e. The van der Waals surface area contributed by atoms with Crippen molar-refractivity contribution in [2.45, 2.75) is 0 Å². The Hall–Kier alpha value is -2.62. The molecule has 0 aliphatic carbocycles. The highest BCUT2D eigenvalue weighted by molar-refractivity contribution is 7.11. The van der Waals surface area contributed by atoms with E-state index in [1.807, 2.05) is 6.07 Å². The van der Waals surface area contributed by atoms with Crippen molar-refractivity contribution in [1.82, 2.24) is 0 Å². The minimum absolute atomic E-state index is 0.0986. The van der Waals surface area contributed by atoms with Gasteiger partial charge < -0.3 is 5.11 Å². The number of hydrogen-bond acceptors (Lipinski definition) is 5. The summed E-state index contributed by atoms with van der Waals surface area (Å²) in [6, 6.07) is 5.12. The molecular formula is C10H3N3O2S. The second-order valence-electron chi connectivity index (χ2n) is 2.59. The summed E-state index contributed by atoms with van der Waals surface area (Å²) in [6.07, 6.45) is 1.09. The average molecular weight is 229 g/mol. The monoisotopic (exact) mass is 229 g/mol. The third-order valence-corrected chi connectivity index (χ3v) is 2.61. The number of nitriles is 3. The number of carbonyl (C=O) groups is 1. The number of carboxylic acid groups (broad SMARTS) is 1. The molecule has 6 heteroatoms. The van der Waals surface area contributed by atoms with Gasteiger partial charge in [0.2, 0.25) is 0 Å². The minimum atomic E-state index is -1.36. The van der Waals surface area contributed by atoms with Gasteiger partial charge in [0.05, 0.1) is 11.1 Å². The molecule has 0 saturated heterocycles. The Labute approximate surface area is 94.7 Å². The molecule has 1 aromatic rings. The van der Waals surface area contributed by atoms with Crippen LogP contribution in [0.5, 0.6) is 0 Å². The Kier molecular flexibility index (Phi) is 3.40. The Bertz CT molecular complexity index is 593. The molecule has 16 heavy (non-hydrogen) atoms. The largest absolute Gasteiger partial charge is 0.477 e. The Morgan fingerprint density at radius 3 is 2.50 bits per heavy atom. The molecule has 0 aromatic carbocycles. The zero-order valence-electron chi connectivity index (χ0n) is 7.76. The number of thiophene rings is 1. The van der Waals surface area contributed by atoms with E-state index >= 15 is 0 Å². The maximum absolute atomic E-state index is 10.6. The second-order valence-corrected chi connectivity index (χ2v) is 3.50.